The van der Waals surface area contributed by atoms with Crippen LogP contribution in [0.5, 0.6) is 0 Å². The smallest absolute Gasteiger partial charge is 0.274 e. The van der Waals surface area contributed by atoms with E-state index in [0.29, 0.717) is 29.6 Å². The van der Waals surface area contributed by atoms with Gasteiger partial charge in [0.15, 0.2) is 0 Å². The Morgan fingerprint density at radius 3 is 2.48 bits per heavy atom. The first-order valence-corrected chi connectivity index (χ1v) is 8.43. The molecule has 8 heteroatoms. The molecule has 3 N–H and O–H groups in total. The number of anilines is 2. The Morgan fingerprint density at radius 2 is 1.74 bits per heavy atom. The van der Waals surface area contributed by atoms with E-state index in [1.807, 2.05) is 30.3 Å². The Kier molecular flexibility index (Phi) is 5.91. The lowest BCUT2D eigenvalue weighted by Crippen LogP contribution is -2.11. The van der Waals surface area contributed by atoms with Gasteiger partial charge in [0.1, 0.15) is 5.82 Å². The third-order valence-electron chi connectivity index (χ3n) is 3.84. The van der Waals surface area contributed by atoms with Crippen molar-refractivity contribution in [1.29, 1.82) is 0 Å². The SMILES string of the molecule is O=[N+]([O-])c1ccccc1CNc1cc(-c2ccccc2)nc(NCCO)n1. The van der Waals surface area contributed by atoms with Gasteiger partial charge in [-0.25, -0.2) is 4.98 Å². The van der Waals surface area contributed by atoms with Crippen molar-refractivity contribution in [3.05, 3.63) is 76.3 Å². The van der Waals surface area contributed by atoms with Crippen LogP contribution in [0.15, 0.2) is 60.7 Å². The lowest BCUT2D eigenvalue weighted by atomic mass is 10.1. The predicted octanol–water partition coefficient (Wildman–Crippen LogP) is 3.07. The van der Waals surface area contributed by atoms with E-state index in [9.17, 15) is 10.1 Å². The number of hydrogen-bond donors (Lipinski definition) is 3. The molecule has 27 heavy (non-hydrogen) atoms. The number of hydrogen-bond acceptors (Lipinski definition) is 7. The summed E-state index contributed by atoms with van der Waals surface area (Å²) in [6, 6.07) is 18.0. The van der Waals surface area contributed by atoms with Gasteiger partial charge < -0.3 is 15.7 Å². The van der Waals surface area contributed by atoms with Crippen molar-refractivity contribution < 1.29 is 10.0 Å². The zero-order valence-corrected chi connectivity index (χ0v) is 14.5. The van der Waals surface area contributed by atoms with Crippen molar-refractivity contribution in [2.45, 2.75) is 6.54 Å². The van der Waals surface area contributed by atoms with E-state index in [4.69, 9.17) is 5.11 Å². The molecule has 3 rings (SSSR count). The number of nitrogens with zero attached hydrogens (tertiary/aromatic N) is 3. The molecule has 0 aliphatic heterocycles. The van der Waals surface area contributed by atoms with Crippen LogP contribution in [0.2, 0.25) is 0 Å². The fourth-order valence-corrected chi connectivity index (χ4v) is 2.57. The molecule has 0 aliphatic rings. The molecule has 1 aromatic heterocycles. The van der Waals surface area contributed by atoms with Gasteiger partial charge in [-0.1, -0.05) is 48.5 Å². The maximum atomic E-state index is 11.2. The zero-order valence-electron chi connectivity index (χ0n) is 14.5. The molecule has 0 spiro atoms. The highest BCUT2D eigenvalue weighted by Crippen LogP contribution is 2.23. The van der Waals surface area contributed by atoms with Crippen molar-refractivity contribution in [2.24, 2.45) is 0 Å². The van der Waals surface area contributed by atoms with Crippen LogP contribution in [-0.4, -0.2) is 33.1 Å². The summed E-state index contributed by atoms with van der Waals surface area (Å²) in [5, 5.41) is 26.3. The Hall–Kier alpha value is -3.52. The van der Waals surface area contributed by atoms with Gasteiger partial charge in [0, 0.05) is 36.3 Å². The second-order valence-electron chi connectivity index (χ2n) is 5.72. The van der Waals surface area contributed by atoms with Gasteiger partial charge in [-0.3, -0.25) is 10.1 Å². The van der Waals surface area contributed by atoms with Gasteiger partial charge in [0.2, 0.25) is 5.95 Å². The van der Waals surface area contributed by atoms with Crippen molar-refractivity contribution in [3.63, 3.8) is 0 Å². The Labute approximate surface area is 156 Å². The van der Waals surface area contributed by atoms with E-state index in [-0.39, 0.29) is 18.8 Å². The van der Waals surface area contributed by atoms with Gasteiger partial charge in [-0.05, 0) is 0 Å². The molecule has 0 amide bonds. The van der Waals surface area contributed by atoms with Gasteiger partial charge in [-0.15, -0.1) is 0 Å². The van der Waals surface area contributed by atoms with E-state index in [1.54, 1.807) is 24.3 Å². The summed E-state index contributed by atoms with van der Waals surface area (Å²) in [6.45, 7) is 0.529. The molecule has 0 saturated carbocycles. The molecule has 0 bridgehead atoms. The summed E-state index contributed by atoms with van der Waals surface area (Å²) < 4.78 is 0. The first-order valence-electron chi connectivity index (χ1n) is 8.43. The summed E-state index contributed by atoms with van der Waals surface area (Å²) in [5.74, 6) is 0.901. The maximum absolute atomic E-state index is 11.2. The van der Waals surface area contributed by atoms with E-state index in [1.165, 1.54) is 6.07 Å². The molecule has 0 fully saturated rings. The average Bonchev–Trinajstić information content (AvgIpc) is 2.71. The minimum Gasteiger partial charge on any atom is -0.395 e. The molecule has 0 radical (unpaired) electrons. The Balaban J connectivity index is 1.87. The van der Waals surface area contributed by atoms with Gasteiger partial charge >= 0.3 is 0 Å². The topological polar surface area (TPSA) is 113 Å². The summed E-state index contributed by atoms with van der Waals surface area (Å²) in [4.78, 5) is 19.6. The largest absolute Gasteiger partial charge is 0.395 e. The van der Waals surface area contributed by atoms with Gasteiger partial charge in [-0.2, -0.15) is 4.98 Å². The first kappa shape index (κ1) is 18.3. The van der Waals surface area contributed by atoms with Crippen molar-refractivity contribution >= 4 is 17.5 Å². The monoisotopic (exact) mass is 365 g/mol. The molecule has 138 valence electrons. The molecule has 1 heterocycles. The van der Waals surface area contributed by atoms with Crippen LogP contribution in [0.25, 0.3) is 11.3 Å². The fraction of sp³-hybridized carbons (Fsp3) is 0.158. The normalized spacial score (nSPS) is 10.4. The number of para-hydroxylation sites is 1. The summed E-state index contributed by atoms with van der Waals surface area (Å²) in [5.41, 5.74) is 2.24. The third kappa shape index (κ3) is 4.77. The van der Waals surface area contributed by atoms with Gasteiger partial charge in [0.25, 0.3) is 5.69 Å². The number of benzene rings is 2. The fourth-order valence-electron chi connectivity index (χ4n) is 2.57. The van der Waals surface area contributed by atoms with Crippen molar-refractivity contribution in [3.8, 4) is 11.3 Å². The highest BCUT2D eigenvalue weighted by molar-refractivity contribution is 5.64. The summed E-state index contributed by atoms with van der Waals surface area (Å²) in [7, 11) is 0. The quantitative estimate of drug-likeness (QED) is 0.415. The summed E-state index contributed by atoms with van der Waals surface area (Å²) in [6.07, 6.45) is 0. The average molecular weight is 365 g/mol. The van der Waals surface area contributed by atoms with Gasteiger partial charge in [0.05, 0.1) is 17.2 Å². The summed E-state index contributed by atoms with van der Waals surface area (Å²) >= 11 is 0. The molecule has 8 nitrogen and oxygen atoms in total. The van der Waals surface area contributed by atoms with Crippen LogP contribution in [-0.2, 0) is 6.54 Å². The molecule has 0 saturated heterocycles. The second kappa shape index (κ2) is 8.72. The molecule has 3 aromatic rings. The second-order valence-corrected chi connectivity index (χ2v) is 5.72. The standard InChI is InChI=1S/C19H19N5O3/c25-11-10-20-19-22-16(14-6-2-1-3-7-14)12-18(23-19)21-13-15-8-4-5-9-17(15)24(26)27/h1-9,12,25H,10-11,13H2,(H2,20,21,22,23). The van der Waals surface area contributed by atoms with E-state index in [2.05, 4.69) is 20.6 Å². The number of aromatic nitrogens is 2. The van der Waals surface area contributed by atoms with E-state index >= 15 is 0 Å². The molecule has 2 aromatic carbocycles. The van der Waals surface area contributed by atoms with Crippen LogP contribution in [0.4, 0.5) is 17.5 Å². The predicted molar refractivity (Wildman–Crippen MR) is 103 cm³/mol. The highest BCUT2D eigenvalue weighted by Gasteiger charge is 2.13. The first-order chi connectivity index (χ1) is 13.2. The number of nitro groups is 1. The van der Waals surface area contributed by atoms with Crippen LogP contribution >= 0.6 is 0 Å². The Morgan fingerprint density at radius 1 is 1.00 bits per heavy atom. The van der Waals surface area contributed by atoms with Crippen LogP contribution in [0.3, 0.4) is 0 Å². The maximum Gasteiger partial charge on any atom is 0.274 e. The minimum absolute atomic E-state index is 0.0438. The number of aliphatic hydroxyl groups is 1. The lowest BCUT2D eigenvalue weighted by Gasteiger charge is -2.11. The highest BCUT2D eigenvalue weighted by atomic mass is 16.6. The third-order valence-corrected chi connectivity index (χ3v) is 3.84. The molecule has 0 atom stereocenters. The van der Waals surface area contributed by atoms with Crippen LogP contribution < -0.4 is 10.6 Å². The van der Waals surface area contributed by atoms with E-state index in [0.717, 1.165) is 5.56 Å². The molecule has 0 unspecified atom stereocenters. The van der Waals surface area contributed by atoms with Crippen LogP contribution in [0, 0.1) is 10.1 Å². The Bertz CT molecular complexity index is 918. The zero-order chi connectivity index (χ0) is 19.1. The van der Waals surface area contributed by atoms with Crippen molar-refractivity contribution in [2.75, 3.05) is 23.8 Å². The molecular weight excluding hydrogens is 346 g/mol. The lowest BCUT2D eigenvalue weighted by molar-refractivity contribution is -0.385. The number of rotatable bonds is 8. The van der Waals surface area contributed by atoms with Crippen molar-refractivity contribution in [1.82, 2.24) is 9.97 Å². The van der Waals surface area contributed by atoms with Crippen LogP contribution in [0.1, 0.15) is 5.56 Å². The number of aliphatic hydroxyl groups excluding tert-OH is 1. The number of nitro benzene ring substituents is 1. The van der Waals surface area contributed by atoms with E-state index < -0.39 is 4.92 Å². The molecule has 0 aliphatic carbocycles. The number of nitrogens with one attached hydrogen (secondary N) is 2. The minimum atomic E-state index is -0.402. The molecular formula is C19H19N5O3.